The van der Waals surface area contributed by atoms with Crippen molar-refractivity contribution < 1.29 is 14.7 Å². The minimum atomic E-state index is -1.08. The summed E-state index contributed by atoms with van der Waals surface area (Å²) in [7, 11) is 0. The van der Waals surface area contributed by atoms with Gasteiger partial charge in [0.25, 0.3) is 5.91 Å². The highest BCUT2D eigenvalue weighted by Crippen LogP contribution is 2.03. The van der Waals surface area contributed by atoms with Crippen LogP contribution in [0.5, 0.6) is 0 Å². The molecule has 116 valence electrons. The molecule has 21 heavy (non-hydrogen) atoms. The number of nitrogens with zero attached hydrogens (tertiary/aromatic N) is 1. The van der Waals surface area contributed by atoms with Crippen molar-refractivity contribution in [2.45, 2.75) is 18.9 Å². The molecule has 0 aliphatic heterocycles. The number of amides is 1. The predicted octanol–water partition coefficient (Wildman–Crippen LogP) is 0.345. The first kappa shape index (κ1) is 18.7. The number of aliphatic carboxylic acids is 1. The molecule has 0 spiro atoms. The van der Waals surface area contributed by atoms with Gasteiger partial charge in [0.15, 0.2) is 5.96 Å². The number of rotatable bonds is 7. The molecule has 8 heteroatoms. The normalized spacial score (nSPS) is 10.9. The minimum Gasteiger partial charge on any atom is -0.480 e. The van der Waals surface area contributed by atoms with E-state index in [0.29, 0.717) is 18.5 Å². The molecule has 0 saturated carbocycles. The van der Waals surface area contributed by atoms with Gasteiger partial charge in [0.2, 0.25) is 0 Å². The SMILES string of the molecule is Cl.NC(N)=NCCC[C@H](NC(=O)c1ccccc1)C(=O)O. The van der Waals surface area contributed by atoms with E-state index >= 15 is 0 Å². The van der Waals surface area contributed by atoms with E-state index in [0.717, 1.165) is 0 Å². The first-order chi connectivity index (χ1) is 9.50. The van der Waals surface area contributed by atoms with E-state index < -0.39 is 17.9 Å². The fraction of sp³-hybridized carbons (Fsp3) is 0.308. The lowest BCUT2D eigenvalue weighted by molar-refractivity contribution is -0.139. The zero-order chi connectivity index (χ0) is 15.0. The molecule has 1 aromatic carbocycles. The standard InChI is InChI=1S/C13H18N4O3.ClH/c14-13(15)16-8-4-7-10(12(19)20)17-11(18)9-5-2-1-3-6-9;/h1-3,5-6,10H,4,7-8H2,(H,17,18)(H,19,20)(H4,14,15,16);1H/t10-;/m0./s1. The van der Waals surface area contributed by atoms with Gasteiger partial charge in [-0.2, -0.15) is 0 Å². The van der Waals surface area contributed by atoms with Crippen molar-refractivity contribution in [3.63, 3.8) is 0 Å². The fourth-order valence-electron chi connectivity index (χ4n) is 1.59. The summed E-state index contributed by atoms with van der Waals surface area (Å²) in [5.74, 6) is -1.54. The van der Waals surface area contributed by atoms with Gasteiger partial charge >= 0.3 is 5.97 Å². The number of carbonyl (C=O) groups is 2. The molecule has 6 N–H and O–H groups in total. The summed E-state index contributed by atoms with van der Waals surface area (Å²) in [6.07, 6.45) is 0.717. The van der Waals surface area contributed by atoms with Crippen LogP contribution >= 0.6 is 12.4 Å². The van der Waals surface area contributed by atoms with E-state index in [1.165, 1.54) is 0 Å². The van der Waals surface area contributed by atoms with E-state index in [9.17, 15) is 9.59 Å². The monoisotopic (exact) mass is 314 g/mol. The molecular formula is C13H19ClN4O3. The van der Waals surface area contributed by atoms with Gasteiger partial charge in [-0.1, -0.05) is 18.2 Å². The molecule has 0 bridgehead atoms. The average molecular weight is 315 g/mol. The van der Waals surface area contributed by atoms with Crippen molar-refractivity contribution in [3.8, 4) is 0 Å². The third-order valence-electron chi connectivity index (χ3n) is 2.58. The number of hydrogen-bond donors (Lipinski definition) is 4. The molecule has 0 aromatic heterocycles. The van der Waals surface area contributed by atoms with Crippen molar-refractivity contribution in [1.29, 1.82) is 0 Å². The Labute approximate surface area is 128 Å². The average Bonchev–Trinajstić information content (AvgIpc) is 2.42. The van der Waals surface area contributed by atoms with Gasteiger partial charge in [-0.15, -0.1) is 12.4 Å². The highest BCUT2D eigenvalue weighted by Gasteiger charge is 2.19. The van der Waals surface area contributed by atoms with Crippen molar-refractivity contribution in [2.24, 2.45) is 16.5 Å². The van der Waals surface area contributed by atoms with Gasteiger partial charge < -0.3 is 21.9 Å². The van der Waals surface area contributed by atoms with E-state index in [-0.39, 0.29) is 24.8 Å². The zero-order valence-corrected chi connectivity index (χ0v) is 12.2. The van der Waals surface area contributed by atoms with Crippen molar-refractivity contribution in [1.82, 2.24) is 5.32 Å². The molecule has 1 atom stereocenters. The lowest BCUT2D eigenvalue weighted by Gasteiger charge is -2.14. The molecule has 0 aliphatic rings. The molecule has 0 aliphatic carbocycles. The second kappa shape index (κ2) is 9.60. The predicted molar refractivity (Wildman–Crippen MR) is 82.5 cm³/mol. The van der Waals surface area contributed by atoms with E-state index in [2.05, 4.69) is 10.3 Å². The summed E-state index contributed by atoms with van der Waals surface area (Å²) in [5.41, 5.74) is 10.8. The molecule has 1 aromatic rings. The summed E-state index contributed by atoms with van der Waals surface area (Å²) >= 11 is 0. The number of nitrogens with one attached hydrogen (secondary N) is 1. The summed E-state index contributed by atoms with van der Waals surface area (Å²) in [5, 5.41) is 11.5. The van der Waals surface area contributed by atoms with Crippen LogP contribution in [0.25, 0.3) is 0 Å². The first-order valence-electron chi connectivity index (χ1n) is 6.15. The number of carbonyl (C=O) groups excluding carboxylic acids is 1. The molecule has 0 unspecified atom stereocenters. The number of benzene rings is 1. The smallest absolute Gasteiger partial charge is 0.326 e. The van der Waals surface area contributed by atoms with E-state index in [1.54, 1.807) is 30.3 Å². The second-order valence-electron chi connectivity index (χ2n) is 4.18. The number of aliphatic imine (C=N–C) groups is 1. The highest BCUT2D eigenvalue weighted by molar-refractivity contribution is 5.96. The zero-order valence-electron chi connectivity index (χ0n) is 11.4. The maximum absolute atomic E-state index is 11.9. The van der Waals surface area contributed by atoms with Gasteiger partial charge in [-0.3, -0.25) is 9.79 Å². The molecular weight excluding hydrogens is 296 g/mol. The number of carboxylic acids is 1. The van der Waals surface area contributed by atoms with Crippen molar-refractivity contribution in [3.05, 3.63) is 35.9 Å². The molecule has 0 heterocycles. The Hall–Kier alpha value is -2.28. The maximum Gasteiger partial charge on any atom is 0.326 e. The van der Waals surface area contributed by atoms with Crippen LogP contribution in [0.2, 0.25) is 0 Å². The van der Waals surface area contributed by atoms with E-state index in [1.807, 2.05) is 0 Å². The second-order valence-corrected chi connectivity index (χ2v) is 4.18. The third-order valence-corrected chi connectivity index (χ3v) is 2.58. The fourth-order valence-corrected chi connectivity index (χ4v) is 1.59. The summed E-state index contributed by atoms with van der Waals surface area (Å²) in [6, 6.07) is 7.48. The summed E-state index contributed by atoms with van der Waals surface area (Å²) in [4.78, 5) is 26.7. The van der Waals surface area contributed by atoms with Crippen molar-refractivity contribution >= 4 is 30.2 Å². The van der Waals surface area contributed by atoms with Gasteiger partial charge in [-0.05, 0) is 25.0 Å². The van der Waals surface area contributed by atoms with Crippen LogP contribution in [0.15, 0.2) is 35.3 Å². The lowest BCUT2D eigenvalue weighted by Crippen LogP contribution is -2.40. The number of guanidine groups is 1. The van der Waals surface area contributed by atoms with Gasteiger partial charge in [0.1, 0.15) is 6.04 Å². The lowest BCUT2D eigenvalue weighted by atomic mass is 10.1. The topological polar surface area (TPSA) is 131 Å². The summed E-state index contributed by atoms with van der Waals surface area (Å²) in [6.45, 7) is 0.327. The van der Waals surface area contributed by atoms with Crippen LogP contribution in [-0.4, -0.2) is 35.5 Å². The van der Waals surface area contributed by atoms with Crippen LogP contribution in [0, 0.1) is 0 Å². The van der Waals surface area contributed by atoms with Gasteiger partial charge in [0.05, 0.1) is 0 Å². The van der Waals surface area contributed by atoms with Gasteiger partial charge in [0, 0.05) is 12.1 Å². The molecule has 0 saturated heterocycles. The van der Waals surface area contributed by atoms with Crippen LogP contribution in [-0.2, 0) is 4.79 Å². The quantitative estimate of drug-likeness (QED) is 0.327. The van der Waals surface area contributed by atoms with Crippen LogP contribution in [0.3, 0.4) is 0 Å². The Kier molecular flexibility index (Phi) is 8.55. The first-order valence-corrected chi connectivity index (χ1v) is 6.15. The Morgan fingerprint density at radius 2 is 1.86 bits per heavy atom. The number of nitrogens with two attached hydrogens (primary N) is 2. The Balaban J connectivity index is 0.00000400. The largest absolute Gasteiger partial charge is 0.480 e. The Bertz CT molecular complexity index is 489. The number of hydrogen-bond acceptors (Lipinski definition) is 3. The molecule has 0 radical (unpaired) electrons. The summed E-state index contributed by atoms with van der Waals surface area (Å²) < 4.78 is 0. The van der Waals surface area contributed by atoms with Crippen LogP contribution < -0.4 is 16.8 Å². The third kappa shape index (κ3) is 7.17. The Morgan fingerprint density at radius 1 is 1.24 bits per heavy atom. The van der Waals surface area contributed by atoms with Crippen LogP contribution in [0.1, 0.15) is 23.2 Å². The minimum absolute atomic E-state index is 0. The van der Waals surface area contributed by atoms with E-state index in [4.69, 9.17) is 16.6 Å². The molecule has 1 rings (SSSR count). The molecule has 1 amide bonds. The number of carboxylic acid groups (broad SMARTS) is 1. The molecule has 0 fully saturated rings. The Morgan fingerprint density at radius 3 is 2.38 bits per heavy atom. The maximum atomic E-state index is 11.9. The van der Waals surface area contributed by atoms with Crippen molar-refractivity contribution in [2.75, 3.05) is 6.54 Å². The van der Waals surface area contributed by atoms with Crippen LogP contribution in [0.4, 0.5) is 0 Å². The number of halogens is 1. The molecule has 7 nitrogen and oxygen atoms in total. The van der Waals surface area contributed by atoms with Gasteiger partial charge in [-0.25, -0.2) is 4.79 Å². The highest BCUT2D eigenvalue weighted by atomic mass is 35.5.